The van der Waals surface area contributed by atoms with Crippen molar-refractivity contribution < 1.29 is 9.53 Å². The Labute approximate surface area is 170 Å². The lowest BCUT2D eigenvalue weighted by Gasteiger charge is -2.45. The Morgan fingerprint density at radius 1 is 1.04 bits per heavy atom. The molecule has 0 aliphatic carbocycles. The highest BCUT2D eigenvalue weighted by molar-refractivity contribution is 5.94. The summed E-state index contributed by atoms with van der Waals surface area (Å²) in [5.74, 6) is 1.50. The fourth-order valence-electron chi connectivity index (χ4n) is 3.98. The van der Waals surface area contributed by atoms with Crippen LogP contribution >= 0.6 is 0 Å². The maximum absolute atomic E-state index is 12.8. The van der Waals surface area contributed by atoms with Crippen LogP contribution in [0.4, 0.5) is 0 Å². The highest BCUT2D eigenvalue weighted by Crippen LogP contribution is 2.20. The zero-order chi connectivity index (χ0) is 20.1. The molecule has 156 valence electrons. The molecule has 0 saturated carbocycles. The zero-order valence-corrected chi connectivity index (χ0v) is 18.1. The Hall–Kier alpha value is -1.43. The number of hydrogen-bond donors (Lipinski definition) is 0. The summed E-state index contributed by atoms with van der Waals surface area (Å²) in [6, 6.07) is 8.58. The molecule has 2 aliphatic heterocycles. The van der Waals surface area contributed by atoms with Crippen LogP contribution in [0.1, 0.15) is 43.6 Å². The number of benzene rings is 1. The molecule has 0 bridgehead atoms. The molecule has 0 unspecified atom stereocenters. The molecule has 1 amide bonds. The van der Waals surface area contributed by atoms with Crippen LogP contribution in [0.15, 0.2) is 24.3 Å². The predicted molar refractivity (Wildman–Crippen MR) is 113 cm³/mol. The molecule has 0 radical (unpaired) electrons. The Kier molecular flexibility index (Phi) is 7.49. The van der Waals surface area contributed by atoms with E-state index in [-0.39, 0.29) is 5.91 Å². The van der Waals surface area contributed by atoms with Crippen molar-refractivity contribution in [2.24, 2.45) is 11.8 Å². The monoisotopic (exact) mass is 387 g/mol. The second-order valence-corrected chi connectivity index (χ2v) is 9.11. The predicted octanol–water partition coefficient (Wildman–Crippen LogP) is 2.96. The first-order valence-corrected chi connectivity index (χ1v) is 10.8. The molecule has 28 heavy (non-hydrogen) atoms. The summed E-state index contributed by atoms with van der Waals surface area (Å²) in [5.41, 5.74) is 1.91. The average Bonchev–Trinajstić information content (AvgIpc) is 2.64. The van der Waals surface area contributed by atoms with E-state index in [1.165, 1.54) is 19.6 Å². The molecule has 2 aliphatic rings. The van der Waals surface area contributed by atoms with Crippen LogP contribution in [0, 0.1) is 11.8 Å². The molecular weight excluding hydrogens is 350 g/mol. The third-order valence-electron chi connectivity index (χ3n) is 5.81. The van der Waals surface area contributed by atoms with Crippen molar-refractivity contribution in [1.29, 1.82) is 0 Å². The molecule has 0 spiro atoms. The van der Waals surface area contributed by atoms with E-state index in [0.717, 1.165) is 49.8 Å². The maximum Gasteiger partial charge on any atom is 0.253 e. The number of carbonyl (C=O) groups is 1. The van der Waals surface area contributed by atoms with E-state index in [9.17, 15) is 4.79 Å². The molecule has 1 aromatic carbocycles. The molecule has 0 atom stereocenters. The van der Waals surface area contributed by atoms with E-state index in [4.69, 9.17) is 4.74 Å². The lowest BCUT2D eigenvalue weighted by Crippen LogP contribution is -2.56. The first-order valence-electron chi connectivity index (χ1n) is 10.8. The molecule has 0 aromatic heterocycles. The van der Waals surface area contributed by atoms with Crippen molar-refractivity contribution >= 4 is 5.91 Å². The van der Waals surface area contributed by atoms with E-state index in [1.54, 1.807) is 0 Å². The molecular formula is C23H37N3O2. The minimum absolute atomic E-state index is 0.156. The average molecular weight is 388 g/mol. The largest absolute Gasteiger partial charge is 0.377 e. The van der Waals surface area contributed by atoms with Crippen molar-refractivity contribution in [3.05, 3.63) is 35.4 Å². The van der Waals surface area contributed by atoms with Gasteiger partial charge < -0.3 is 14.5 Å². The lowest BCUT2D eigenvalue weighted by molar-refractivity contribution is 0.0270. The number of nitrogens with zero attached hydrogens (tertiary/aromatic N) is 3. The van der Waals surface area contributed by atoms with Gasteiger partial charge in [0, 0.05) is 64.0 Å². The number of hydrogen-bond acceptors (Lipinski definition) is 4. The van der Waals surface area contributed by atoms with E-state index >= 15 is 0 Å². The third kappa shape index (κ3) is 5.79. The second-order valence-electron chi connectivity index (χ2n) is 9.11. The normalized spacial score (nSPS) is 19.4. The van der Waals surface area contributed by atoms with Gasteiger partial charge in [-0.3, -0.25) is 9.69 Å². The van der Waals surface area contributed by atoms with Gasteiger partial charge in [-0.05, 0) is 43.4 Å². The number of piperazine rings is 1. The van der Waals surface area contributed by atoms with Gasteiger partial charge in [0.15, 0.2) is 0 Å². The first kappa shape index (κ1) is 21.3. The van der Waals surface area contributed by atoms with Gasteiger partial charge in [0.1, 0.15) is 0 Å². The van der Waals surface area contributed by atoms with Crippen LogP contribution in [0.2, 0.25) is 0 Å². The minimum Gasteiger partial charge on any atom is -0.377 e. The van der Waals surface area contributed by atoms with Crippen molar-refractivity contribution in [3.8, 4) is 0 Å². The smallest absolute Gasteiger partial charge is 0.253 e. The molecule has 1 aromatic rings. The van der Waals surface area contributed by atoms with Crippen molar-refractivity contribution in [2.75, 3.05) is 52.4 Å². The van der Waals surface area contributed by atoms with Crippen molar-refractivity contribution in [2.45, 2.75) is 40.3 Å². The summed E-state index contributed by atoms with van der Waals surface area (Å²) in [5, 5.41) is 0. The number of carbonyl (C=O) groups excluding carboxylic acids is 1. The quantitative estimate of drug-likeness (QED) is 0.687. The SMILES string of the molecule is CC(C)COCc1ccc(C(=O)N2CCN(CC3CN(C(C)C)C3)CC2)cc1. The Morgan fingerprint density at radius 2 is 1.68 bits per heavy atom. The summed E-state index contributed by atoms with van der Waals surface area (Å²) in [6.07, 6.45) is 0. The summed E-state index contributed by atoms with van der Waals surface area (Å²) in [4.78, 5) is 19.9. The summed E-state index contributed by atoms with van der Waals surface area (Å²) >= 11 is 0. The summed E-state index contributed by atoms with van der Waals surface area (Å²) < 4.78 is 5.67. The van der Waals surface area contributed by atoms with Gasteiger partial charge in [-0.1, -0.05) is 26.0 Å². The Morgan fingerprint density at radius 3 is 2.25 bits per heavy atom. The van der Waals surface area contributed by atoms with E-state index in [1.807, 2.05) is 29.2 Å². The van der Waals surface area contributed by atoms with Crippen LogP contribution in [0.3, 0.4) is 0 Å². The maximum atomic E-state index is 12.8. The third-order valence-corrected chi connectivity index (χ3v) is 5.81. The second kappa shape index (κ2) is 9.86. The standard InChI is InChI=1S/C23H37N3O2/c1-18(2)16-28-17-20-5-7-22(8-6-20)23(27)25-11-9-24(10-12-25)13-21-14-26(15-21)19(3)4/h5-8,18-19,21H,9-17H2,1-4H3. The van der Waals surface area contributed by atoms with Crippen LogP contribution < -0.4 is 0 Å². The first-order chi connectivity index (χ1) is 13.4. The van der Waals surface area contributed by atoms with E-state index in [0.29, 0.717) is 18.6 Å². The van der Waals surface area contributed by atoms with Gasteiger partial charge in [-0.2, -0.15) is 0 Å². The fourth-order valence-corrected chi connectivity index (χ4v) is 3.98. The topological polar surface area (TPSA) is 36.0 Å². The van der Waals surface area contributed by atoms with Gasteiger partial charge in [-0.15, -0.1) is 0 Å². The Bertz CT molecular complexity index is 615. The van der Waals surface area contributed by atoms with E-state index < -0.39 is 0 Å². The number of amides is 1. The number of ether oxygens (including phenoxy) is 1. The summed E-state index contributed by atoms with van der Waals surface area (Å²) in [7, 11) is 0. The van der Waals surface area contributed by atoms with Gasteiger partial charge in [0.25, 0.3) is 5.91 Å². The highest BCUT2D eigenvalue weighted by Gasteiger charge is 2.31. The molecule has 2 saturated heterocycles. The van der Waals surface area contributed by atoms with E-state index in [2.05, 4.69) is 37.5 Å². The summed E-state index contributed by atoms with van der Waals surface area (Å²) in [6.45, 7) is 17.5. The lowest BCUT2D eigenvalue weighted by atomic mass is 9.97. The van der Waals surface area contributed by atoms with Crippen molar-refractivity contribution in [3.63, 3.8) is 0 Å². The fraction of sp³-hybridized carbons (Fsp3) is 0.696. The van der Waals surface area contributed by atoms with Gasteiger partial charge in [-0.25, -0.2) is 0 Å². The van der Waals surface area contributed by atoms with Crippen LogP contribution in [-0.2, 0) is 11.3 Å². The number of likely N-dealkylation sites (tertiary alicyclic amines) is 1. The van der Waals surface area contributed by atoms with Crippen LogP contribution in [0.25, 0.3) is 0 Å². The molecule has 3 rings (SSSR count). The van der Waals surface area contributed by atoms with Gasteiger partial charge >= 0.3 is 0 Å². The van der Waals surface area contributed by atoms with Gasteiger partial charge in [0.2, 0.25) is 0 Å². The van der Waals surface area contributed by atoms with Gasteiger partial charge in [0.05, 0.1) is 6.61 Å². The molecule has 5 heteroatoms. The number of rotatable bonds is 8. The van der Waals surface area contributed by atoms with Crippen molar-refractivity contribution in [1.82, 2.24) is 14.7 Å². The highest BCUT2D eigenvalue weighted by atomic mass is 16.5. The minimum atomic E-state index is 0.156. The molecule has 2 fully saturated rings. The van der Waals surface area contributed by atoms with Crippen LogP contribution in [-0.4, -0.2) is 79.1 Å². The Balaban J connectivity index is 1.40. The molecule has 5 nitrogen and oxygen atoms in total. The molecule has 0 N–H and O–H groups in total. The molecule has 2 heterocycles. The van der Waals surface area contributed by atoms with Crippen LogP contribution in [0.5, 0.6) is 0 Å². The zero-order valence-electron chi connectivity index (χ0n) is 18.1.